The molecule has 1 unspecified atom stereocenters. The van der Waals surface area contributed by atoms with Crippen molar-refractivity contribution in [1.82, 2.24) is 19.8 Å². The predicted octanol–water partition coefficient (Wildman–Crippen LogP) is 2.87. The largest absolute Gasteiger partial charge is 0.380 e. The number of methoxy groups -OCH3 is 1. The van der Waals surface area contributed by atoms with Gasteiger partial charge in [-0.05, 0) is 43.0 Å². The van der Waals surface area contributed by atoms with Crippen LogP contribution >= 0.6 is 0 Å². The summed E-state index contributed by atoms with van der Waals surface area (Å²) in [5.74, 6) is 0.954. The van der Waals surface area contributed by atoms with Gasteiger partial charge >= 0.3 is 0 Å². The molecule has 29 heavy (non-hydrogen) atoms. The Morgan fingerprint density at radius 2 is 1.90 bits per heavy atom. The lowest BCUT2D eigenvalue weighted by atomic mass is 9.98. The number of benzene rings is 1. The Kier molecular flexibility index (Phi) is 6.32. The number of hydrogen-bond acceptors (Lipinski definition) is 5. The lowest BCUT2D eigenvalue weighted by Gasteiger charge is -2.34. The van der Waals surface area contributed by atoms with Gasteiger partial charge in [-0.25, -0.2) is 9.97 Å². The molecule has 1 fully saturated rings. The fourth-order valence-electron chi connectivity index (χ4n) is 4.08. The summed E-state index contributed by atoms with van der Waals surface area (Å²) >= 11 is 0. The van der Waals surface area contributed by atoms with Crippen LogP contribution in [0.15, 0.2) is 48.8 Å². The Morgan fingerprint density at radius 1 is 1.14 bits per heavy atom. The van der Waals surface area contributed by atoms with Crippen molar-refractivity contribution in [2.75, 3.05) is 39.8 Å². The molecule has 0 radical (unpaired) electrons. The van der Waals surface area contributed by atoms with E-state index in [1.54, 1.807) is 19.5 Å². The Morgan fingerprint density at radius 3 is 2.59 bits per heavy atom. The van der Waals surface area contributed by atoms with Crippen LogP contribution in [0, 0.1) is 0 Å². The average molecular weight is 393 g/mol. The van der Waals surface area contributed by atoms with E-state index < -0.39 is 0 Å². The molecule has 0 aliphatic carbocycles. The van der Waals surface area contributed by atoms with Crippen molar-refractivity contribution < 1.29 is 9.53 Å². The molecule has 0 bridgehead atoms. The van der Waals surface area contributed by atoms with Crippen LogP contribution in [0.3, 0.4) is 0 Å². The second kappa shape index (κ2) is 9.29. The van der Waals surface area contributed by atoms with E-state index in [1.165, 1.54) is 11.1 Å². The van der Waals surface area contributed by atoms with Gasteiger partial charge in [-0.3, -0.25) is 9.69 Å². The topological polar surface area (TPSA) is 58.6 Å². The van der Waals surface area contributed by atoms with Gasteiger partial charge in [0, 0.05) is 44.7 Å². The highest BCUT2D eigenvalue weighted by atomic mass is 16.5. The first kappa shape index (κ1) is 19.7. The summed E-state index contributed by atoms with van der Waals surface area (Å²) in [4.78, 5) is 25.5. The van der Waals surface area contributed by atoms with Crippen molar-refractivity contribution in [3.05, 3.63) is 54.4 Å². The van der Waals surface area contributed by atoms with Crippen molar-refractivity contribution in [2.24, 2.45) is 0 Å². The molecule has 1 atom stereocenters. The smallest absolute Gasteiger partial charge is 0.237 e. The Labute approximate surface area is 172 Å². The van der Waals surface area contributed by atoms with E-state index in [9.17, 15) is 4.79 Å². The van der Waals surface area contributed by atoms with Gasteiger partial charge in [0.25, 0.3) is 0 Å². The molecule has 1 aromatic heterocycles. The second-order valence-electron chi connectivity index (χ2n) is 7.70. The standard InChI is InChI=1S/C23H28N4O2/c1-29-21-4-2-13-26(16-21)17-22(28)27-14-9-19(10-15-27)18-5-7-20(8-6-18)23-24-11-3-12-25-23/h3,5-9,11-12,21H,2,4,10,13-17H2,1H3. The van der Waals surface area contributed by atoms with Crippen LogP contribution < -0.4 is 0 Å². The van der Waals surface area contributed by atoms with E-state index >= 15 is 0 Å². The van der Waals surface area contributed by atoms with Crippen LogP contribution in [0.1, 0.15) is 24.8 Å². The summed E-state index contributed by atoms with van der Waals surface area (Å²) in [5.41, 5.74) is 3.52. The molecule has 6 heteroatoms. The van der Waals surface area contributed by atoms with Gasteiger partial charge in [-0.15, -0.1) is 0 Å². The van der Waals surface area contributed by atoms with Gasteiger partial charge in [0.15, 0.2) is 5.82 Å². The highest BCUT2D eigenvalue weighted by molar-refractivity contribution is 5.80. The molecule has 1 amide bonds. The molecule has 3 heterocycles. The number of amides is 1. The van der Waals surface area contributed by atoms with Gasteiger partial charge < -0.3 is 9.64 Å². The van der Waals surface area contributed by atoms with Crippen LogP contribution in [0.4, 0.5) is 0 Å². The quantitative estimate of drug-likeness (QED) is 0.783. The Balaban J connectivity index is 1.34. The van der Waals surface area contributed by atoms with Crippen molar-refractivity contribution in [1.29, 1.82) is 0 Å². The summed E-state index contributed by atoms with van der Waals surface area (Å²) in [6.45, 7) is 3.79. The van der Waals surface area contributed by atoms with Crippen LogP contribution in [-0.4, -0.2) is 71.6 Å². The van der Waals surface area contributed by atoms with E-state index in [0.29, 0.717) is 13.1 Å². The maximum atomic E-state index is 12.7. The minimum absolute atomic E-state index is 0.216. The first-order valence-electron chi connectivity index (χ1n) is 10.3. The summed E-state index contributed by atoms with van der Waals surface area (Å²) in [6.07, 6.45) is 9.02. The van der Waals surface area contributed by atoms with E-state index in [2.05, 4.69) is 45.2 Å². The van der Waals surface area contributed by atoms with Crippen LogP contribution in [0.25, 0.3) is 17.0 Å². The average Bonchev–Trinajstić information content (AvgIpc) is 2.80. The number of hydrogen-bond donors (Lipinski definition) is 0. The van der Waals surface area contributed by atoms with Crippen molar-refractivity contribution in [3.8, 4) is 11.4 Å². The molecule has 2 aliphatic heterocycles. The molecular formula is C23H28N4O2. The summed E-state index contributed by atoms with van der Waals surface area (Å²) in [6, 6.07) is 10.2. The number of rotatable bonds is 5. The number of carbonyl (C=O) groups is 1. The van der Waals surface area contributed by atoms with Gasteiger partial charge in [-0.1, -0.05) is 30.3 Å². The fraction of sp³-hybridized carbons (Fsp3) is 0.435. The molecular weight excluding hydrogens is 364 g/mol. The van der Waals surface area contributed by atoms with Crippen molar-refractivity contribution >= 4 is 11.5 Å². The Bertz CT molecular complexity index is 851. The molecule has 1 saturated heterocycles. The molecule has 4 rings (SSSR count). The van der Waals surface area contributed by atoms with Gasteiger partial charge in [0.05, 0.1) is 12.6 Å². The van der Waals surface area contributed by atoms with Gasteiger partial charge in [0.1, 0.15) is 0 Å². The molecule has 0 spiro atoms. The minimum atomic E-state index is 0.216. The van der Waals surface area contributed by atoms with Crippen LogP contribution in [-0.2, 0) is 9.53 Å². The fourth-order valence-corrected chi connectivity index (χ4v) is 4.08. The molecule has 0 saturated carbocycles. The first-order valence-corrected chi connectivity index (χ1v) is 10.3. The monoisotopic (exact) mass is 392 g/mol. The highest BCUT2D eigenvalue weighted by Crippen LogP contribution is 2.25. The maximum Gasteiger partial charge on any atom is 0.237 e. The molecule has 0 N–H and O–H groups in total. The molecule has 152 valence electrons. The van der Waals surface area contributed by atoms with Crippen LogP contribution in [0.5, 0.6) is 0 Å². The second-order valence-corrected chi connectivity index (χ2v) is 7.70. The third kappa shape index (κ3) is 4.89. The van der Waals surface area contributed by atoms with Crippen LogP contribution in [0.2, 0.25) is 0 Å². The number of piperidine rings is 1. The molecule has 2 aliphatic rings. The number of carbonyl (C=O) groups excluding carboxylic acids is 1. The third-order valence-corrected chi connectivity index (χ3v) is 5.80. The number of aromatic nitrogens is 2. The lowest BCUT2D eigenvalue weighted by Crippen LogP contribution is -2.46. The Hall–Kier alpha value is -2.57. The summed E-state index contributed by atoms with van der Waals surface area (Å²) < 4.78 is 5.46. The summed E-state index contributed by atoms with van der Waals surface area (Å²) in [7, 11) is 1.76. The first-order chi connectivity index (χ1) is 14.2. The minimum Gasteiger partial charge on any atom is -0.380 e. The zero-order chi connectivity index (χ0) is 20.1. The lowest BCUT2D eigenvalue weighted by molar-refractivity contribution is -0.132. The number of nitrogens with zero attached hydrogens (tertiary/aromatic N) is 4. The SMILES string of the molecule is COC1CCCN(CC(=O)N2CC=C(c3ccc(-c4ncccn4)cc3)CC2)C1. The van der Waals surface area contributed by atoms with Crippen molar-refractivity contribution in [2.45, 2.75) is 25.4 Å². The third-order valence-electron chi connectivity index (χ3n) is 5.80. The van der Waals surface area contributed by atoms with Gasteiger partial charge in [0.2, 0.25) is 5.91 Å². The van der Waals surface area contributed by atoms with Gasteiger partial charge in [-0.2, -0.15) is 0 Å². The molecule has 6 nitrogen and oxygen atoms in total. The van der Waals surface area contributed by atoms with E-state index in [1.807, 2.05) is 11.0 Å². The maximum absolute atomic E-state index is 12.7. The zero-order valence-corrected chi connectivity index (χ0v) is 17.0. The van der Waals surface area contributed by atoms with E-state index in [4.69, 9.17) is 4.74 Å². The predicted molar refractivity (Wildman–Crippen MR) is 113 cm³/mol. The highest BCUT2D eigenvalue weighted by Gasteiger charge is 2.24. The molecule has 1 aromatic carbocycles. The zero-order valence-electron chi connectivity index (χ0n) is 17.0. The number of likely N-dealkylation sites (tertiary alicyclic amines) is 1. The normalized spacial score (nSPS) is 20.4. The molecule has 2 aromatic rings. The van der Waals surface area contributed by atoms with Crippen molar-refractivity contribution in [3.63, 3.8) is 0 Å². The van der Waals surface area contributed by atoms with E-state index in [0.717, 1.165) is 50.3 Å². The van der Waals surface area contributed by atoms with E-state index in [-0.39, 0.29) is 12.0 Å². The number of ether oxygens (including phenoxy) is 1. The summed E-state index contributed by atoms with van der Waals surface area (Å²) in [5, 5.41) is 0.